The first kappa shape index (κ1) is 18.4. The maximum absolute atomic E-state index is 5.61. The van der Waals surface area contributed by atoms with Crippen LogP contribution in [0.25, 0.3) is 11.5 Å². The fraction of sp³-hybridized carbons (Fsp3) is 0.353. The van der Waals surface area contributed by atoms with Crippen LogP contribution >= 0.6 is 12.4 Å². The van der Waals surface area contributed by atoms with E-state index in [0.29, 0.717) is 37.2 Å². The van der Waals surface area contributed by atoms with Crippen molar-refractivity contribution in [3.63, 3.8) is 0 Å². The quantitative estimate of drug-likeness (QED) is 0.723. The normalized spacial score (nSPS) is 16.9. The van der Waals surface area contributed by atoms with Crippen molar-refractivity contribution in [3.05, 3.63) is 47.9 Å². The Balaban J connectivity index is 0.00000196. The molecule has 1 saturated heterocycles. The first-order chi connectivity index (χ1) is 12.3. The fourth-order valence-corrected chi connectivity index (χ4v) is 2.61. The molecule has 0 radical (unpaired) electrons. The van der Waals surface area contributed by atoms with Gasteiger partial charge in [-0.15, -0.1) is 12.4 Å². The van der Waals surface area contributed by atoms with Crippen LogP contribution in [0, 0.1) is 0 Å². The standard InChI is InChI=1S/C17H18N4O4.ClH/c1-22-13-4-2-11(3-5-13)16-19-12(10-24-16)8-15-20-17(25-21-15)14-9-18-6-7-23-14;/h2-5,10,14,18H,6-9H2,1H3;1H/t14-;/m0./s1. The summed E-state index contributed by atoms with van der Waals surface area (Å²) in [6.07, 6.45) is 1.85. The number of halogens is 1. The van der Waals surface area contributed by atoms with Crippen molar-refractivity contribution in [2.45, 2.75) is 12.5 Å². The lowest BCUT2D eigenvalue weighted by atomic mass is 10.2. The molecule has 1 N–H and O–H groups in total. The predicted octanol–water partition coefficient (Wildman–Crippen LogP) is 2.41. The summed E-state index contributed by atoms with van der Waals surface area (Å²) in [5, 5.41) is 7.23. The van der Waals surface area contributed by atoms with Gasteiger partial charge in [0, 0.05) is 18.7 Å². The number of nitrogens with one attached hydrogen (secondary N) is 1. The smallest absolute Gasteiger partial charge is 0.257 e. The zero-order chi connectivity index (χ0) is 17.1. The van der Waals surface area contributed by atoms with Crippen LogP contribution < -0.4 is 10.1 Å². The summed E-state index contributed by atoms with van der Waals surface area (Å²) in [7, 11) is 1.63. The molecule has 0 amide bonds. The van der Waals surface area contributed by atoms with E-state index in [1.165, 1.54) is 0 Å². The molecular weight excluding hydrogens is 360 g/mol. The highest BCUT2D eigenvalue weighted by molar-refractivity contribution is 5.85. The number of hydrogen-bond donors (Lipinski definition) is 1. The lowest BCUT2D eigenvalue weighted by Gasteiger charge is -2.19. The molecule has 26 heavy (non-hydrogen) atoms. The zero-order valence-corrected chi connectivity index (χ0v) is 15.0. The first-order valence-corrected chi connectivity index (χ1v) is 8.05. The molecule has 1 atom stereocenters. The molecule has 0 unspecified atom stereocenters. The molecule has 138 valence electrons. The van der Waals surface area contributed by atoms with Gasteiger partial charge < -0.3 is 23.7 Å². The maximum Gasteiger partial charge on any atom is 0.257 e. The number of hydrogen-bond acceptors (Lipinski definition) is 8. The van der Waals surface area contributed by atoms with E-state index in [0.717, 1.165) is 23.6 Å². The Labute approximate surface area is 156 Å². The van der Waals surface area contributed by atoms with Crippen molar-refractivity contribution in [2.75, 3.05) is 26.8 Å². The van der Waals surface area contributed by atoms with Gasteiger partial charge in [0.05, 0.1) is 25.8 Å². The highest BCUT2D eigenvalue weighted by atomic mass is 35.5. The van der Waals surface area contributed by atoms with Gasteiger partial charge in [0.25, 0.3) is 5.89 Å². The van der Waals surface area contributed by atoms with Crippen LogP contribution in [0.15, 0.2) is 39.5 Å². The predicted molar refractivity (Wildman–Crippen MR) is 94.4 cm³/mol. The van der Waals surface area contributed by atoms with Crippen molar-refractivity contribution in [1.82, 2.24) is 20.4 Å². The molecular formula is C17H19ClN4O4. The minimum Gasteiger partial charge on any atom is -0.497 e. The third-order valence-electron chi connectivity index (χ3n) is 3.91. The van der Waals surface area contributed by atoms with Gasteiger partial charge in [0.2, 0.25) is 5.89 Å². The number of nitrogens with zero attached hydrogens (tertiary/aromatic N) is 3. The summed E-state index contributed by atoms with van der Waals surface area (Å²) in [4.78, 5) is 8.87. The van der Waals surface area contributed by atoms with Gasteiger partial charge in [0.15, 0.2) is 5.82 Å². The summed E-state index contributed by atoms with van der Waals surface area (Å²) < 4.78 is 21.6. The third-order valence-corrected chi connectivity index (χ3v) is 3.91. The number of methoxy groups -OCH3 is 1. The number of aromatic nitrogens is 3. The van der Waals surface area contributed by atoms with Crippen LogP contribution in [0.3, 0.4) is 0 Å². The van der Waals surface area contributed by atoms with Crippen LogP contribution in [-0.4, -0.2) is 41.9 Å². The second-order valence-electron chi connectivity index (χ2n) is 5.66. The second-order valence-corrected chi connectivity index (χ2v) is 5.66. The minimum absolute atomic E-state index is 0. The summed E-state index contributed by atoms with van der Waals surface area (Å²) in [5.41, 5.74) is 1.61. The van der Waals surface area contributed by atoms with Crippen molar-refractivity contribution < 1.29 is 18.4 Å². The Morgan fingerprint density at radius 2 is 2.08 bits per heavy atom. The molecule has 0 bridgehead atoms. The van der Waals surface area contributed by atoms with E-state index in [-0.39, 0.29) is 18.5 Å². The van der Waals surface area contributed by atoms with E-state index in [9.17, 15) is 0 Å². The fourth-order valence-electron chi connectivity index (χ4n) is 2.61. The average molecular weight is 379 g/mol. The Morgan fingerprint density at radius 3 is 2.81 bits per heavy atom. The van der Waals surface area contributed by atoms with Gasteiger partial charge in [-0.2, -0.15) is 4.98 Å². The maximum atomic E-state index is 5.61. The zero-order valence-electron chi connectivity index (χ0n) is 14.2. The molecule has 4 rings (SSSR count). The summed E-state index contributed by atoms with van der Waals surface area (Å²) in [6, 6.07) is 7.52. The number of oxazole rings is 1. The van der Waals surface area contributed by atoms with Gasteiger partial charge in [-0.1, -0.05) is 5.16 Å². The van der Waals surface area contributed by atoms with E-state index in [1.54, 1.807) is 13.4 Å². The largest absolute Gasteiger partial charge is 0.497 e. The summed E-state index contributed by atoms with van der Waals surface area (Å²) in [6.45, 7) is 2.15. The molecule has 1 aromatic carbocycles. The van der Waals surface area contributed by atoms with Crippen LogP contribution in [0.1, 0.15) is 23.5 Å². The van der Waals surface area contributed by atoms with E-state index < -0.39 is 0 Å². The molecule has 9 heteroatoms. The third kappa shape index (κ3) is 4.04. The molecule has 0 aliphatic carbocycles. The Hall–Kier alpha value is -2.42. The van der Waals surface area contributed by atoms with Crippen molar-refractivity contribution in [1.29, 1.82) is 0 Å². The summed E-state index contributed by atoms with van der Waals surface area (Å²) >= 11 is 0. The van der Waals surface area contributed by atoms with Crippen molar-refractivity contribution in [3.8, 4) is 17.2 Å². The number of benzene rings is 1. The molecule has 0 saturated carbocycles. The number of rotatable bonds is 5. The topological polar surface area (TPSA) is 95.4 Å². The van der Waals surface area contributed by atoms with Gasteiger partial charge in [0.1, 0.15) is 18.1 Å². The molecule has 1 aliphatic rings. The monoisotopic (exact) mass is 378 g/mol. The SMILES string of the molecule is COc1ccc(-c2nc(Cc3noc([C@@H]4CNCCO4)n3)co2)cc1.Cl. The lowest BCUT2D eigenvalue weighted by molar-refractivity contribution is 0.00755. The summed E-state index contributed by atoms with van der Waals surface area (Å²) in [5.74, 6) is 2.37. The minimum atomic E-state index is -0.192. The van der Waals surface area contributed by atoms with E-state index in [1.807, 2.05) is 24.3 Å². The second kappa shape index (κ2) is 8.31. The van der Waals surface area contributed by atoms with Gasteiger partial charge in [-0.25, -0.2) is 4.98 Å². The van der Waals surface area contributed by atoms with Crippen LogP contribution in [0.2, 0.25) is 0 Å². The van der Waals surface area contributed by atoms with Crippen molar-refractivity contribution >= 4 is 12.4 Å². The average Bonchev–Trinajstić information content (AvgIpc) is 3.33. The Bertz CT molecular complexity index is 827. The molecule has 2 aromatic heterocycles. The molecule has 8 nitrogen and oxygen atoms in total. The van der Waals surface area contributed by atoms with Crippen molar-refractivity contribution in [2.24, 2.45) is 0 Å². The molecule has 3 heterocycles. The number of morpholine rings is 1. The highest BCUT2D eigenvalue weighted by Gasteiger charge is 2.22. The van der Waals surface area contributed by atoms with Crippen LogP contribution in [-0.2, 0) is 11.2 Å². The van der Waals surface area contributed by atoms with E-state index in [2.05, 4.69) is 20.4 Å². The highest BCUT2D eigenvalue weighted by Crippen LogP contribution is 2.23. The molecule has 1 aliphatic heterocycles. The Kier molecular flexibility index (Phi) is 5.87. The van der Waals surface area contributed by atoms with E-state index >= 15 is 0 Å². The van der Waals surface area contributed by atoms with Crippen LogP contribution in [0.5, 0.6) is 5.75 Å². The van der Waals surface area contributed by atoms with Gasteiger partial charge >= 0.3 is 0 Å². The van der Waals surface area contributed by atoms with E-state index in [4.69, 9.17) is 18.4 Å². The first-order valence-electron chi connectivity index (χ1n) is 8.05. The van der Waals surface area contributed by atoms with Crippen LogP contribution in [0.4, 0.5) is 0 Å². The lowest BCUT2D eigenvalue weighted by Crippen LogP contribution is -2.33. The van der Waals surface area contributed by atoms with Gasteiger partial charge in [-0.05, 0) is 24.3 Å². The molecule has 0 spiro atoms. The number of ether oxygens (including phenoxy) is 2. The van der Waals surface area contributed by atoms with Gasteiger partial charge in [-0.3, -0.25) is 0 Å². The Morgan fingerprint density at radius 1 is 1.23 bits per heavy atom. The molecule has 1 fully saturated rings. The molecule has 3 aromatic rings.